The van der Waals surface area contributed by atoms with Gasteiger partial charge in [-0.2, -0.15) is 6.42 Å². The Balaban J connectivity index is 0. The van der Waals surface area contributed by atoms with Gasteiger partial charge in [0.05, 0.1) is 0 Å². The number of rotatable bonds is 7. The number of unbranched alkanes of at least 4 members (excludes halogenated alkanes) is 7. The summed E-state index contributed by atoms with van der Waals surface area (Å²) in [5.41, 5.74) is 0. The van der Waals surface area contributed by atoms with Gasteiger partial charge in [-0.1, -0.05) is 51.9 Å². The van der Waals surface area contributed by atoms with Gasteiger partial charge in [0.2, 0.25) is 0 Å². The molecule has 0 saturated carbocycles. The third-order valence-corrected chi connectivity index (χ3v) is 1.85. The molecule has 0 unspecified atom stereocenters. The summed E-state index contributed by atoms with van der Waals surface area (Å²) in [6.45, 7) is 6.08. The molecule has 0 aliphatic heterocycles. The summed E-state index contributed by atoms with van der Waals surface area (Å²) in [6, 6.07) is 0. The van der Waals surface area contributed by atoms with Crippen molar-refractivity contribution in [2.45, 2.75) is 58.3 Å². The first-order chi connectivity index (χ1) is 4.91. The normalized spacial score (nSPS) is 9.27. The predicted molar refractivity (Wildman–Crippen MR) is 48.0 cm³/mol. The van der Waals surface area contributed by atoms with Gasteiger partial charge in [0.15, 0.2) is 0 Å². The maximum atomic E-state index is 3.82. The molecule has 0 bridgehead atoms. The Morgan fingerprint density at radius 2 is 1.27 bits per heavy atom. The second-order valence-electron chi connectivity index (χ2n) is 2.97. The van der Waals surface area contributed by atoms with E-state index in [2.05, 4.69) is 13.8 Å². The number of hydrogen-bond acceptors (Lipinski definition) is 0. The first-order valence-electron chi connectivity index (χ1n) is 4.71. The third-order valence-electron chi connectivity index (χ3n) is 1.85. The van der Waals surface area contributed by atoms with E-state index in [0.29, 0.717) is 0 Å². The molecule has 11 heavy (non-hydrogen) atoms. The molecule has 0 amide bonds. The van der Waals surface area contributed by atoms with E-state index in [4.69, 9.17) is 0 Å². The van der Waals surface area contributed by atoms with Crippen LogP contribution in [-0.4, -0.2) is 0 Å². The summed E-state index contributed by atoms with van der Waals surface area (Å²) in [6.07, 6.45) is 10.9. The molecule has 0 fully saturated rings. The van der Waals surface area contributed by atoms with Crippen molar-refractivity contribution in [3.8, 4) is 0 Å². The van der Waals surface area contributed by atoms with Crippen LogP contribution in [0.2, 0.25) is 0 Å². The summed E-state index contributed by atoms with van der Waals surface area (Å²) in [5.74, 6) is 0. The van der Waals surface area contributed by atoms with Crippen molar-refractivity contribution in [2.24, 2.45) is 0 Å². The minimum absolute atomic E-state index is 0. The maximum Gasteiger partial charge on any atom is 0 e. The SMILES string of the molecule is [CH2-]CCCCCCCCC.[Rh]. The van der Waals surface area contributed by atoms with Crippen LogP contribution in [0.25, 0.3) is 0 Å². The maximum absolute atomic E-state index is 3.82. The van der Waals surface area contributed by atoms with Crippen molar-refractivity contribution >= 4 is 0 Å². The van der Waals surface area contributed by atoms with E-state index >= 15 is 0 Å². The molecule has 0 atom stereocenters. The molecule has 0 saturated heterocycles. The Kier molecular flexibility index (Phi) is 17.0. The Labute approximate surface area is 84.9 Å². The zero-order chi connectivity index (χ0) is 7.66. The molecule has 0 aromatic rings. The van der Waals surface area contributed by atoms with E-state index in [-0.39, 0.29) is 19.5 Å². The second-order valence-corrected chi connectivity index (χ2v) is 2.97. The van der Waals surface area contributed by atoms with Crippen molar-refractivity contribution in [3.63, 3.8) is 0 Å². The fourth-order valence-electron chi connectivity index (χ4n) is 1.13. The first kappa shape index (κ1) is 14.2. The Morgan fingerprint density at radius 3 is 1.73 bits per heavy atom. The van der Waals surface area contributed by atoms with Crippen LogP contribution in [0, 0.1) is 6.92 Å². The molecular weight excluding hydrogens is 223 g/mol. The van der Waals surface area contributed by atoms with E-state index in [1.807, 2.05) is 0 Å². The minimum Gasteiger partial charge on any atom is -0.343 e. The van der Waals surface area contributed by atoms with Crippen molar-refractivity contribution < 1.29 is 19.5 Å². The van der Waals surface area contributed by atoms with Crippen LogP contribution in [0.3, 0.4) is 0 Å². The predicted octanol–water partition coefficient (Wildman–Crippen LogP) is 3.96. The minimum atomic E-state index is 0. The molecule has 0 rings (SSSR count). The van der Waals surface area contributed by atoms with Gasteiger partial charge >= 0.3 is 0 Å². The number of hydrogen-bond donors (Lipinski definition) is 0. The van der Waals surface area contributed by atoms with Crippen molar-refractivity contribution in [1.29, 1.82) is 0 Å². The van der Waals surface area contributed by atoms with Crippen LogP contribution >= 0.6 is 0 Å². The van der Waals surface area contributed by atoms with E-state index in [1.54, 1.807) is 0 Å². The zero-order valence-corrected chi connectivity index (χ0v) is 9.34. The average molecular weight is 244 g/mol. The standard InChI is InChI=1S/C10H21.Rh/c1-3-5-7-9-10-8-6-4-2;/h1,3-10H2,2H3;/q-1;. The Morgan fingerprint density at radius 1 is 0.818 bits per heavy atom. The largest absolute Gasteiger partial charge is 0.343 e. The zero-order valence-electron chi connectivity index (χ0n) is 7.70. The topological polar surface area (TPSA) is 0 Å². The van der Waals surface area contributed by atoms with E-state index in [9.17, 15) is 0 Å². The molecule has 0 aromatic heterocycles. The van der Waals surface area contributed by atoms with Gasteiger partial charge < -0.3 is 6.92 Å². The summed E-state index contributed by atoms with van der Waals surface area (Å²) >= 11 is 0. The van der Waals surface area contributed by atoms with Crippen LogP contribution < -0.4 is 0 Å². The average Bonchev–Trinajstić information content (AvgIpc) is 1.97. The van der Waals surface area contributed by atoms with Crippen LogP contribution in [0.15, 0.2) is 0 Å². The molecule has 1 heteroatoms. The van der Waals surface area contributed by atoms with Gasteiger partial charge in [-0.15, -0.1) is 0 Å². The van der Waals surface area contributed by atoms with E-state index < -0.39 is 0 Å². The Hall–Kier alpha value is 0.623. The van der Waals surface area contributed by atoms with Crippen molar-refractivity contribution in [1.82, 2.24) is 0 Å². The molecule has 0 nitrogen and oxygen atoms in total. The molecule has 0 spiro atoms. The summed E-state index contributed by atoms with van der Waals surface area (Å²) in [5, 5.41) is 0. The van der Waals surface area contributed by atoms with Gasteiger partial charge in [-0.05, 0) is 0 Å². The van der Waals surface area contributed by atoms with Crippen molar-refractivity contribution in [3.05, 3.63) is 6.92 Å². The second kappa shape index (κ2) is 13.2. The quantitative estimate of drug-likeness (QED) is 0.361. The molecule has 0 aliphatic rings. The fourth-order valence-corrected chi connectivity index (χ4v) is 1.13. The van der Waals surface area contributed by atoms with Gasteiger partial charge in [0.1, 0.15) is 0 Å². The van der Waals surface area contributed by atoms with Crippen LogP contribution in [0.4, 0.5) is 0 Å². The molecule has 71 valence electrons. The van der Waals surface area contributed by atoms with E-state index in [0.717, 1.165) is 6.42 Å². The van der Waals surface area contributed by atoms with Crippen LogP contribution in [-0.2, 0) is 19.5 Å². The van der Waals surface area contributed by atoms with Crippen LogP contribution in [0.5, 0.6) is 0 Å². The molecule has 0 heterocycles. The monoisotopic (exact) mass is 244 g/mol. The molecular formula is C10H21Rh-. The van der Waals surface area contributed by atoms with Gasteiger partial charge in [-0.3, -0.25) is 0 Å². The molecule has 0 N–H and O–H groups in total. The summed E-state index contributed by atoms with van der Waals surface area (Å²) in [7, 11) is 0. The molecule has 0 aliphatic carbocycles. The smallest absolute Gasteiger partial charge is 0 e. The summed E-state index contributed by atoms with van der Waals surface area (Å²) < 4.78 is 0. The fraction of sp³-hybridized carbons (Fsp3) is 0.900. The summed E-state index contributed by atoms with van der Waals surface area (Å²) in [4.78, 5) is 0. The van der Waals surface area contributed by atoms with Gasteiger partial charge in [0.25, 0.3) is 0 Å². The Bertz CT molecular complexity index is 44.8. The first-order valence-corrected chi connectivity index (χ1v) is 4.71. The molecule has 1 radical (unpaired) electrons. The third kappa shape index (κ3) is 13.6. The molecule has 0 aromatic carbocycles. The van der Waals surface area contributed by atoms with Crippen LogP contribution in [0.1, 0.15) is 58.3 Å². The van der Waals surface area contributed by atoms with Gasteiger partial charge in [-0.25, -0.2) is 0 Å². The van der Waals surface area contributed by atoms with Gasteiger partial charge in [0, 0.05) is 19.5 Å². The van der Waals surface area contributed by atoms with Crippen molar-refractivity contribution in [2.75, 3.05) is 0 Å². The van der Waals surface area contributed by atoms with E-state index in [1.165, 1.54) is 44.9 Å².